The van der Waals surface area contributed by atoms with Gasteiger partial charge >= 0.3 is 5.97 Å². The molecule has 0 spiro atoms. The van der Waals surface area contributed by atoms with Crippen LogP contribution in [0, 0.1) is 34.6 Å². The number of pyridine rings is 1. The number of carbonyl (C=O) groups is 1. The second kappa shape index (κ2) is 15.4. The Morgan fingerprint density at radius 1 is 0.846 bits per heavy atom. The molecule has 276 valence electrons. The van der Waals surface area contributed by atoms with Crippen LogP contribution in [0.3, 0.4) is 0 Å². The molecule has 0 aliphatic rings. The van der Waals surface area contributed by atoms with Gasteiger partial charge in [-0.1, -0.05) is 17.7 Å². The van der Waals surface area contributed by atoms with Crippen LogP contribution in [0.15, 0.2) is 75.7 Å². The smallest absolute Gasteiger partial charge is 0.344 e. The molecule has 0 saturated heterocycles. The van der Waals surface area contributed by atoms with Crippen molar-refractivity contribution < 1.29 is 44.8 Å². The van der Waals surface area contributed by atoms with Gasteiger partial charge in [-0.25, -0.2) is 30.6 Å². The van der Waals surface area contributed by atoms with Crippen LogP contribution in [0.4, 0.5) is 0 Å². The molecule has 0 fully saturated rings. The van der Waals surface area contributed by atoms with Crippen molar-refractivity contribution in [2.24, 2.45) is 0 Å². The van der Waals surface area contributed by atoms with Gasteiger partial charge in [0.15, 0.2) is 16.4 Å². The number of fused-ring (bicyclic) bond motifs is 1. The molecule has 5 aromatic rings. The van der Waals surface area contributed by atoms with Crippen LogP contribution in [0.2, 0.25) is 0 Å². The quantitative estimate of drug-likeness (QED) is 0.140. The Balaban J connectivity index is 1.39. The second-order valence-corrected chi connectivity index (χ2v) is 17.3. The highest BCUT2D eigenvalue weighted by atomic mass is 32.2. The van der Waals surface area contributed by atoms with Crippen molar-refractivity contribution >= 4 is 47.7 Å². The highest BCUT2D eigenvalue weighted by Crippen LogP contribution is 2.34. The van der Waals surface area contributed by atoms with Gasteiger partial charge < -0.3 is 18.9 Å². The normalized spacial score (nSPS) is 12.4. The average Bonchev–Trinajstić information content (AvgIpc) is 3.48. The first kappa shape index (κ1) is 38.4. The molecule has 52 heavy (non-hydrogen) atoms. The summed E-state index contributed by atoms with van der Waals surface area (Å²) < 4.78 is 90.8. The molecule has 1 atom stereocenters. The van der Waals surface area contributed by atoms with Crippen LogP contribution in [0.1, 0.15) is 33.5 Å². The molecule has 13 nitrogen and oxygen atoms in total. The Hall–Kier alpha value is -4.80. The van der Waals surface area contributed by atoms with E-state index in [1.807, 2.05) is 13.8 Å². The van der Waals surface area contributed by atoms with Gasteiger partial charge in [-0.2, -0.15) is 0 Å². The fraction of sp³-hybridized carbons (Fsp3) is 0.306. The highest BCUT2D eigenvalue weighted by Gasteiger charge is 2.31. The zero-order valence-electron chi connectivity index (χ0n) is 29.8. The first-order valence-corrected chi connectivity index (χ1v) is 20.4. The molecule has 2 heterocycles. The summed E-state index contributed by atoms with van der Waals surface area (Å²) >= 11 is 0. The summed E-state index contributed by atoms with van der Waals surface area (Å²) in [4.78, 5) is 21.4. The summed E-state index contributed by atoms with van der Waals surface area (Å²) in [6, 6.07) is 14.0. The van der Waals surface area contributed by atoms with Gasteiger partial charge in [0.2, 0.25) is 5.16 Å². The van der Waals surface area contributed by atoms with Crippen molar-refractivity contribution in [3.63, 3.8) is 0 Å². The van der Waals surface area contributed by atoms with Crippen molar-refractivity contribution in [2.75, 3.05) is 33.2 Å². The third-order valence-electron chi connectivity index (χ3n) is 8.30. The number of ether oxygens (including phenoxy) is 4. The van der Waals surface area contributed by atoms with Crippen molar-refractivity contribution in [2.45, 2.75) is 55.3 Å². The zero-order chi connectivity index (χ0) is 38.0. The molecular weight excluding hydrogens is 731 g/mol. The molecule has 0 saturated carbocycles. The molecule has 0 aliphatic heterocycles. The van der Waals surface area contributed by atoms with Crippen LogP contribution >= 0.6 is 0 Å². The van der Waals surface area contributed by atoms with Gasteiger partial charge in [-0.05, 0) is 82.1 Å². The fourth-order valence-electron chi connectivity index (χ4n) is 5.73. The van der Waals surface area contributed by atoms with E-state index in [0.29, 0.717) is 33.9 Å². The number of hydrogen-bond acceptors (Lipinski definition) is 12. The SMILES string of the molecule is COc1ccc2c(c1)nc(S(=O)Cc1ncc(C)c(OC)c1C)n2S(=O)(=O)c1c(C)cc(OCC(=O)OCCS(=O)(=O)c2ccc(C)cc2)cc1C. The number of aryl methyl sites for hydroxylation is 4. The number of benzene rings is 3. The third-order valence-corrected chi connectivity index (χ3v) is 13.3. The van der Waals surface area contributed by atoms with E-state index in [4.69, 9.17) is 18.9 Å². The Kier molecular flexibility index (Phi) is 11.4. The van der Waals surface area contributed by atoms with Crippen molar-refractivity contribution in [3.05, 3.63) is 94.3 Å². The van der Waals surface area contributed by atoms with E-state index in [1.165, 1.54) is 44.6 Å². The first-order valence-electron chi connectivity index (χ1n) is 16.0. The molecule has 0 aliphatic carbocycles. The second-order valence-electron chi connectivity index (χ2n) is 12.1. The van der Waals surface area contributed by atoms with Crippen LogP contribution in [-0.4, -0.2) is 74.1 Å². The van der Waals surface area contributed by atoms with Gasteiger partial charge in [-0.3, -0.25) is 9.19 Å². The van der Waals surface area contributed by atoms with E-state index < -0.39 is 49.0 Å². The highest BCUT2D eigenvalue weighted by molar-refractivity contribution is 7.91. The van der Waals surface area contributed by atoms with Crippen molar-refractivity contribution in [1.82, 2.24) is 13.9 Å². The van der Waals surface area contributed by atoms with E-state index in [2.05, 4.69) is 9.97 Å². The molecule has 0 bridgehead atoms. The van der Waals surface area contributed by atoms with Crippen molar-refractivity contribution in [1.29, 1.82) is 0 Å². The minimum absolute atomic E-state index is 0.0663. The maximum atomic E-state index is 14.5. The number of methoxy groups -OCH3 is 2. The molecule has 1 unspecified atom stereocenters. The fourth-order valence-corrected chi connectivity index (χ4v) is 10.3. The number of aromatic nitrogens is 3. The van der Waals surface area contributed by atoms with Crippen LogP contribution in [-0.2, 0) is 45.9 Å². The lowest BCUT2D eigenvalue weighted by Gasteiger charge is -2.17. The summed E-state index contributed by atoms with van der Waals surface area (Å²) in [5, 5.41) is -0.199. The lowest BCUT2D eigenvalue weighted by atomic mass is 10.1. The summed E-state index contributed by atoms with van der Waals surface area (Å²) in [7, 11) is -7.06. The summed E-state index contributed by atoms with van der Waals surface area (Å²) in [6.45, 7) is 7.73. The van der Waals surface area contributed by atoms with E-state index in [1.54, 1.807) is 51.2 Å². The monoisotopic (exact) mass is 769 g/mol. The summed E-state index contributed by atoms with van der Waals surface area (Å²) in [6.07, 6.45) is 1.61. The van der Waals surface area contributed by atoms with Gasteiger partial charge in [-0.15, -0.1) is 0 Å². The summed E-state index contributed by atoms with van der Waals surface area (Å²) in [5.74, 6) is -0.0955. The Morgan fingerprint density at radius 2 is 1.52 bits per heavy atom. The van der Waals surface area contributed by atoms with Crippen molar-refractivity contribution in [3.8, 4) is 17.2 Å². The Morgan fingerprint density at radius 3 is 2.15 bits per heavy atom. The van der Waals surface area contributed by atoms with Crippen LogP contribution in [0.5, 0.6) is 17.2 Å². The lowest BCUT2D eigenvalue weighted by molar-refractivity contribution is -0.145. The number of imidazole rings is 1. The molecule has 2 aromatic heterocycles. The number of carbonyl (C=O) groups excluding carboxylic acids is 1. The van der Waals surface area contributed by atoms with E-state index in [9.17, 15) is 25.8 Å². The number of rotatable bonds is 14. The van der Waals surface area contributed by atoms with E-state index in [0.717, 1.165) is 15.1 Å². The zero-order valence-corrected chi connectivity index (χ0v) is 32.2. The molecule has 0 amide bonds. The van der Waals surface area contributed by atoms with Gasteiger partial charge in [0, 0.05) is 23.4 Å². The molecule has 0 N–H and O–H groups in total. The maximum absolute atomic E-state index is 14.5. The first-order chi connectivity index (χ1) is 24.6. The molecule has 16 heteroatoms. The minimum atomic E-state index is -4.43. The minimum Gasteiger partial charge on any atom is -0.497 e. The molecule has 5 rings (SSSR count). The van der Waals surface area contributed by atoms with E-state index in [-0.39, 0.29) is 44.1 Å². The molecular formula is C36H39N3O10S3. The average molecular weight is 770 g/mol. The standard InChI is InChI=1S/C36H39N3O10S3/c1-22-8-11-29(12-9-22)51(42,43)15-14-48-33(40)20-49-28-16-23(2)35(24(3)17-28)52(44,45)39-32-13-10-27(46-6)18-30(32)38-36(39)50(41)21-31-26(5)34(47-7)25(4)19-37-31/h8-13,16-19H,14-15,20-21H2,1-7H3. The Bertz CT molecular complexity index is 2380. The van der Waals surface area contributed by atoms with Crippen LogP contribution < -0.4 is 14.2 Å². The number of sulfone groups is 1. The lowest BCUT2D eigenvalue weighted by Crippen LogP contribution is -2.21. The predicted octanol–water partition coefficient (Wildman–Crippen LogP) is 4.93. The van der Waals surface area contributed by atoms with Gasteiger partial charge in [0.05, 0.1) is 63.0 Å². The number of esters is 1. The summed E-state index contributed by atoms with van der Waals surface area (Å²) in [5.41, 5.74) is 3.91. The molecule has 3 aromatic carbocycles. The van der Waals surface area contributed by atoms with E-state index >= 15 is 0 Å². The predicted molar refractivity (Wildman–Crippen MR) is 195 cm³/mol. The Labute approximate surface area is 305 Å². The van der Waals surface area contributed by atoms with Gasteiger partial charge in [0.25, 0.3) is 10.0 Å². The molecule has 0 radical (unpaired) electrons. The number of nitrogens with zero attached hydrogens (tertiary/aromatic N) is 3. The number of hydrogen-bond donors (Lipinski definition) is 0. The maximum Gasteiger partial charge on any atom is 0.344 e. The largest absolute Gasteiger partial charge is 0.497 e. The van der Waals surface area contributed by atoms with Gasteiger partial charge in [0.1, 0.15) is 23.9 Å². The van der Waals surface area contributed by atoms with Crippen LogP contribution in [0.25, 0.3) is 11.0 Å². The third kappa shape index (κ3) is 7.98. The topological polar surface area (TPSA) is 170 Å².